The molecule has 0 amide bonds. The zero-order chi connectivity index (χ0) is 18.2. The average molecular weight is 363 g/mol. The Balaban J connectivity index is 1.77. The maximum Gasteiger partial charge on any atom is 0.281 e. The number of imidazole rings is 1. The third kappa shape index (κ3) is 3.47. The van der Waals surface area contributed by atoms with Crippen LogP contribution in [0.2, 0.25) is 0 Å². The summed E-state index contributed by atoms with van der Waals surface area (Å²) in [5.74, 6) is 1.23. The van der Waals surface area contributed by atoms with Crippen LogP contribution in [0.1, 0.15) is 30.3 Å². The van der Waals surface area contributed by atoms with Gasteiger partial charge in [0.2, 0.25) is 0 Å². The third-order valence-electron chi connectivity index (χ3n) is 4.91. The third-order valence-corrected chi connectivity index (χ3v) is 6.85. The van der Waals surface area contributed by atoms with Gasteiger partial charge in [0.15, 0.2) is 0 Å². The zero-order valence-corrected chi connectivity index (χ0v) is 16.0. The molecule has 0 radical (unpaired) electrons. The van der Waals surface area contributed by atoms with E-state index in [9.17, 15) is 8.42 Å². The first-order valence-corrected chi connectivity index (χ1v) is 9.83. The van der Waals surface area contributed by atoms with E-state index in [0.717, 1.165) is 35.7 Å². The number of rotatable bonds is 4. The largest absolute Gasteiger partial charge is 0.330 e. The molecule has 0 saturated carbocycles. The summed E-state index contributed by atoms with van der Waals surface area (Å²) in [6.45, 7) is 3.03. The van der Waals surface area contributed by atoms with Gasteiger partial charge in [0.25, 0.3) is 10.2 Å². The summed E-state index contributed by atoms with van der Waals surface area (Å²) in [5, 5.41) is 0. The number of pyridine rings is 1. The lowest BCUT2D eigenvalue weighted by atomic mass is 9.94. The normalized spacial score (nSPS) is 17.3. The Labute approximate surface area is 149 Å². The molecule has 1 fully saturated rings. The van der Waals surface area contributed by atoms with Gasteiger partial charge in [0.05, 0.1) is 17.6 Å². The van der Waals surface area contributed by atoms with E-state index in [0.29, 0.717) is 13.1 Å². The maximum atomic E-state index is 12.2. The fraction of sp³-hybridized carbons (Fsp3) is 0.529. The number of piperidine rings is 1. The summed E-state index contributed by atoms with van der Waals surface area (Å²) in [4.78, 5) is 9.16. The Bertz CT molecular complexity index is 852. The number of hydrogen-bond acceptors (Lipinski definition) is 4. The van der Waals surface area contributed by atoms with Gasteiger partial charge in [-0.25, -0.2) is 4.98 Å². The molecule has 2 aromatic heterocycles. The molecule has 0 aliphatic carbocycles. The fourth-order valence-electron chi connectivity index (χ4n) is 3.17. The molecular weight excluding hydrogens is 338 g/mol. The molecule has 7 nitrogen and oxygen atoms in total. The van der Waals surface area contributed by atoms with Crippen LogP contribution in [-0.2, 0) is 17.3 Å². The van der Waals surface area contributed by atoms with E-state index in [1.54, 1.807) is 18.4 Å². The summed E-state index contributed by atoms with van der Waals surface area (Å²) >= 11 is 0. The van der Waals surface area contributed by atoms with Crippen molar-refractivity contribution >= 4 is 10.2 Å². The van der Waals surface area contributed by atoms with Crippen LogP contribution in [0.3, 0.4) is 0 Å². The highest BCUT2D eigenvalue weighted by Crippen LogP contribution is 2.29. The van der Waals surface area contributed by atoms with Crippen molar-refractivity contribution in [3.8, 4) is 11.4 Å². The summed E-state index contributed by atoms with van der Waals surface area (Å²) in [6.07, 6.45) is 3.41. The van der Waals surface area contributed by atoms with E-state index in [1.165, 1.54) is 4.31 Å². The smallest absolute Gasteiger partial charge is 0.281 e. The summed E-state index contributed by atoms with van der Waals surface area (Å²) in [5.41, 5.74) is 2.93. The molecular formula is C17H25N5O2S. The van der Waals surface area contributed by atoms with Crippen LogP contribution >= 0.6 is 0 Å². The summed E-state index contributed by atoms with van der Waals surface area (Å²) < 4.78 is 29.3. The second-order valence-electron chi connectivity index (χ2n) is 6.66. The van der Waals surface area contributed by atoms with Gasteiger partial charge in [0.1, 0.15) is 5.82 Å². The Hall–Kier alpha value is -1.77. The molecule has 136 valence electrons. The highest BCUT2D eigenvalue weighted by molar-refractivity contribution is 7.86. The molecule has 0 atom stereocenters. The molecule has 3 heterocycles. The number of aromatic nitrogens is 3. The minimum atomic E-state index is -3.32. The molecule has 1 aliphatic rings. The quantitative estimate of drug-likeness (QED) is 0.830. The lowest BCUT2D eigenvalue weighted by molar-refractivity contribution is 0.300. The molecule has 8 heteroatoms. The van der Waals surface area contributed by atoms with E-state index in [-0.39, 0.29) is 5.92 Å². The minimum Gasteiger partial charge on any atom is -0.330 e. The summed E-state index contributed by atoms with van der Waals surface area (Å²) in [7, 11) is 1.80. The van der Waals surface area contributed by atoms with Crippen molar-refractivity contribution < 1.29 is 8.42 Å². The van der Waals surface area contributed by atoms with Crippen molar-refractivity contribution in [3.05, 3.63) is 35.9 Å². The van der Waals surface area contributed by atoms with Gasteiger partial charge in [-0.15, -0.1) is 0 Å². The fourth-order valence-corrected chi connectivity index (χ4v) is 4.31. The van der Waals surface area contributed by atoms with Crippen molar-refractivity contribution in [2.75, 3.05) is 27.2 Å². The number of aryl methyl sites for hydroxylation is 1. The molecule has 1 aliphatic heterocycles. The highest BCUT2D eigenvalue weighted by atomic mass is 32.2. The van der Waals surface area contributed by atoms with Gasteiger partial charge in [0, 0.05) is 45.8 Å². The molecule has 0 aromatic carbocycles. The van der Waals surface area contributed by atoms with Gasteiger partial charge in [-0.2, -0.15) is 17.0 Å². The lowest BCUT2D eigenvalue weighted by Crippen LogP contribution is -2.44. The van der Waals surface area contributed by atoms with E-state index in [2.05, 4.69) is 4.98 Å². The van der Waals surface area contributed by atoms with E-state index in [1.807, 2.05) is 42.9 Å². The average Bonchev–Trinajstić information content (AvgIpc) is 2.94. The standard InChI is InChI=1S/C17H25N5O2S/c1-13-18-12-17(21(13)4)16-7-5-6-15(19-16)14-8-10-22(11-9-14)25(23,24)20(2)3/h5-7,12,14H,8-11H2,1-4H3. The molecule has 3 rings (SSSR count). The predicted octanol–water partition coefficient (Wildman–Crippen LogP) is 1.78. The van der Waals surface area contributed by atoms with Crippen molar-refractivity contribution in [2.24, 2.45) is 7.05 Å². The van der Waals surface area contributed by atoms with Crippen LogP contribution in [0.25, 0.3) is 11.4 Å². The van der Waals surface area contributed by atoms with Crippen LogP contribution in [0.5, 0.6) is 0 Å². The highest BCUT2D eigenvalue weighted by Gasteiger charge is 2.30. The van der Waals surface area contributed by atoms with Crippen LogP contribution in [0.4, 0.5) is 0 Å². The Morgan fingerprint density at radius 2 is 1.88 bits per heavy atom. The predicted molar refractivity (Wildman–Crippen MR) is 97.3 cm³/mol. The first-order chi connectivity index (χ1) is 11.8. The second kappa shape index (κ2) is 6.86. The SMILES string of the molecule is Cc1ncc(-c2cccc(C3CCN(S(=O)(=O)N(C)C)CC3)n2)n1C. The van der Waals surface area contributed by atoms with Crippen molar-refractivity contribution in [2.45, 2.75) is 25.7 Å². The van der Waals surface area contributed by atoms with Gasteiger partial charge in [-0.1, -0.05) is 6.07 Å². The topological polar surface area (TPSA) is 71.3 Å². The first kappa shape index (κ1) is 18.0. The van der Waals surface area contributed by atoms with Crippen LogP contribution in [-0.4, -0.2) is 58.7 Å². The van der Waals surface area contributed by atoms with Crippen molar-refractivity contribution in [1.29, 1.82) is 0 Å². The Morgan fingerprint density at radius 1 is 1.20 bits per heavy atom. The number of hydrogen-bond donors (Lipinski definition) is 0. The van der Waals surface area contributed by atoms with Gasteiger partial charge >= 0.3 is 0 Å². The van der Waals surface area contributed by atoms with Crippen LogP contribution < -0.4 is 0 Å². The Kier molecular flexibility index (Phi) is 4.95. The van der Waals surface area contributed by atoms with E-state index < -0.39 is 10.2 Å². The van der Waals surface area contributed by atoms with Crippen LogP contribution in [0, 0.1) is 6.92 Å². The van der Waals surface area contributed by atoms with Gasteiger partial charge in [-0.3, -0.25) is 4.98 Å². The molecule has 2 aromatic rings. The summed E-state index contributed by atoms with van der Waals surface area (Å²) in [6, 6.07) is 6.04. The monoisotopic (exact) mass is 363 g/mol. The molecule has 0 unspecified atom stereocenters. The van der Waals surface area contributed by atoms with Crippen molar-refractivity contribution in [1.82, 2.24) is 23.1 Å². The van der Waals surface area contributed by atoms with Crippen LogP contribution in [0.15, 0.2) is 24.4 Å². The van der Waals surface area contributed by atoms with E-state index in [4.69, 9.17) is 4.98 Å². The second-order valence-corrected chi connectivity index (χ2v) is 8.80. The molecule has 25 heavy (non-hydrogen) atoms. The number of nitrogens with zero attached hydrogens (tertiary/aromatic N) is 5. The van der Waals surface area contributed by atoms with Gasteiger partial charge in [-0.05, 0) is 31.9 Å². The molecule has 1 saturated heterocycles. The maximum absolute atomic E-state index is 12.2. The molecule has 0 bridgehead atoms. The zero-order valence-electron chi connectivity index (χ0n) is 15.2. The molecule has 0 N–H and O–H groups in total. The van der Waals surface area contributed by atoms with E-state index >= 15 is 0 Å². The lowest BCUT2D eigenvalue weighted by Gasteiger charge is -2.32. The Morgan fingerprint density at radius 3 is 2.44 bits per heavy atom. The minimum absolute atomic E-state index is 0.280. The van der Waals surface area contributed by atoms with Crippen molar-refractivity contribution in [3.63, 3.8) is 0 Å². The van der Waals surface area contributed by atoms with Gasteiger partial charge < -0.3 is 4.57 Å². The first-order valence-electron chi connectivity index (χ1n) is 8.44. The molecule has 0 spiro atoms.